The molecule has 0 aliphatic rings. The van der Waals surface area contributed by atoms with Crippen molar-refractivity contribution in [3.63, 3.8) is 0 Å². The second-order valence-electron chi connectivity index (χ2n) is 5.01. The minimum absolute atomic E-state index is 0.231. The summed E-state index contributed by atoms with van der Waals surface area (Å²) in [4.78, 5) is 0. The van der Waals surface area contributed by atoms with Crippen LogP contribution in [0.5, 0.6) is 5.75 Å². The molecular weight excluding hydrogens is 314 g/mol. The molecule has 0 aromatic heterocycles. The van der Waals surface area contributed by atoms with Crippen LogP contribution in [0.25, 0.3) is 10.8 Å². The van der Waals surface area contributed by atoms with Gasteiger partial charge in [-0.2, -0.15) is 0 Å². The standard InChI is InChI=1S/C17H22BrNO/c1-3-9-19-12-16(4-2)20-17-8-6-13-10-15(18)7-5-14(13)11-17/h5-8,10-11,16,19H,3-4,9,12H2,1-2H3. The summed E-state index contributed by atoms with van der Waals surface area (Å²) in [6.45, 7) is 6.29. The van der Waals surface area contributed by atoms with E-state index in [1.54, 1.807) is 0 Å². The van der Waals surface area contributed by atoms with Crippen molar-refractivity contribution in [3.8, 4) is 5.75 Å². The summed E-state index contributed by atoms with van der Waals surface area (Å²) in [5.41, 5.74) is 0. The van der Waals surface area contributed by atoms with Gasteiger partial charge in [-0.25, -0.2) is 0 Å². The van der Waals surface area contributed by atoms with Gasteiger partial charge in [0.15, 0.2) is 0 Å². The number of nitrogens with one attached hydrogen (secondary N) is 1. The molecule has 20 heavy (non-hydrogen) atoms. The van der Waals surface area contributed by atoms with Gasteiger partial charge in [-0.3, -0.25) is 0 Å². The molecule has 0 bridgehead atoms. The van der Waals surface area contributed by atoms with E-state index in [9.17, 15) is 0 Å². The first kappa shape index (κ1) is 15.3. The Labute approximate surface area is 129 Å². The monoisotopic (exact) mass is 335 g/mol. The number of halogens is 1. The van der Waals surface area contributed by atoms with Gasteiger partial charge in [-0.1, -0.05) is 41.9 Å². The maximum absolute atomic E-state index is 6.07. The van der Waals surface area contributed by atoms with Crippen LogP contribution < -0.4 is 10.1 Å². The van der Waals surface area contributed by atoms with Gasteiger partial charge in [0, 0.05) is 11.0 Å². The van der Waals surface area contributed by atoms with Crippen LogP contribution in [-0.2, 0) is 0 Å². The first-order chi connectivity index (χ1) is 9.72. The van der Waals surface area contributed by atoms with E-state index in [-0.39, 0.29) is 6.10 Å². The number of hydrogen-bond acceptors (Lipinski definition) is 2. The fraction of sp³-hybridized carbons (Fsp3) is 0.412. The lowest BCUT2D eigenvalue weighted by Gasteiger charge is -2.18. The predicted octanol–water partition coefficient (Wildman–Crippen LogP) is 4.76. The SMILES string of the molecule is CCCNCC(CC)Oc1ccc2cc(Br)ccc2c1. The van der Waals surface area contributed by atoms with Crippen LogP contribution in [0.1, 0.15) is 26.7 Å². The average molecular weight is 336 g/mol. The Morgan fingerprint density at radius 2 is 1.85 bits per heavy atom. The molecule has 0 fully saturated rings. The largest absolute Gasteiger partial charge is 0.489 e. The predicted molar refractivity (Wildman–Crippen MR) is 89.5 cm³/mol. The van der Waals surface area contributed by atoms with Gasteiger partial charge < -0.3 is 10.1 Å². The molecule has 1 N–H and O–H groups in total. The zero-order valence-corrected chi connectivity index (χ0v) is 13.7. The second kappa shape index (κ2) is 7.65. The molecule has 0 saturated heterocycles. The van der Waals surface area contributed by atoms with Crippen LogP contribution in [-0.4, -0.2) is 19.2 Å². The lowest BCUT2D eigenvalue weighted by molar-refractivity contribution is 0.194. The molecule has 1 atom stereocenters. The molecular formula is C17H22BrNO. The van der Waals surface area contributed by atoms with Gasteiger partial charge in [-0.15, -0.1) is 0 Å². The van der Waals surface area contributed by atoms with Gasteiger partial charge >= 0.3 is 0 Å². The molecule has 0 amide bonds. The molecule has 0 heterocycles. The Bertz CT molecular complexity index is 556. The third kappa shape index (κ3) is 4.22. The molecule has 2 aromatic carbocycles. The van der Waals surface area contributed by atoms with Crippen molar-refractivity contribution < 1.29 is 4.74 Å². The van der Waals surface area contributed by atoms with Crippen molar-refractivity contribution in [2.24, 2.45) is 0 Å². The number of fused-ring (bicyclic) bond motifs is 1. The van der Waals surface area contributed by atoms with Crippen molar-refractivity contribution in [3.05, 3.63) is 40.9 Å². The lowest BCUT2D eigenvalue weighted by Crippen LogP contribution is -2.31. The second-order valence-corrected chi connectivity index (χ2v) is 5.92. The molecule has 1 unspecified atom stereocenters. The Morgan fingerprint density at radius 3 is 2.60 bits per heavy atom. The van der Waals surface area contributed by atoms with Crippen molar-refractivity contribution in [2.75, 3.05) is 13.1 Å². The Balaban J connectivity index is 2.06. The van der Waals surface area contributed by atoms with E-state index in [1.165, 1.54) is 10.8 Å². The van der Waals surface area contributed by atoms with Gasteiger partial charge in [0.05, 0.1) is 0 Å². The highest BCUT2D eigenvalue weighted by molar-refractivity contribution is 9.10. The third-order valence-electron chi connectivity index (χ3n) is 3.33. The number of rotatable bonds is 7. The van der Waals surface area contributed by atoms with Crippen molar-refractivity contribution in [2.45, 2.75) is 32.8 Å². The fourth-order valence-corrected chi connectivity index (χ4v) is 2.55. The summed E-state index contributed by atoms with van der Waals surface area (Å²) in [5, 5.41) is 5.86. The first-order valence-electron chi connectivity index (χ1n) is 7.29. The molecule has 108 valence electrons. The zero-order valence-electron chi connectivity index (χ0n) is 12.2. The normalized spacial score (nSPS) is 12.6. The maximum Gasteiger partial charge on any atom is 0.120 e. The average Bonchev–Trinajstić information content (AvgIpc) is 2.46. The van der Waals surface area contributed by atoms with E-state index >= 15 is 0 Å². The molecule has 0 aliphatic carbocycles. The van der Waals surface area contributed by atoms with Gasteiger partial charge in [0.1, 0.15) is 11.9 Å². The quantitative estimate of drug-likeness (QED) is 0.736. The zero-order chi connectivity index (χ0) is 14.4. The van der Waals surface area contributed by atoms with Crippen LogP contribution in [0, 0.1) is 0 Å². The summed E-state index contributed by atoms with van der Waals surface area (Å²) in [6, 6.07) is 12.6. The van der Waals surface area contributed by atoms with Gasteiger partial charge in [0.2, 0.25) is 0 Å². The van der Waals surface area contributed by atoms with Crippen LogP contribution >= 0.6 is 15.9 Å². The Kier molecular flexibility index (Phi) is 5.86. The van der Waals surface area contributed by atoms with Crippen molar-refractivity contribution >= 4 is 26.7 Å². The minimum atomic E-state index is 0.231. The van der Waals surface area contributed by atoms with E-state index < -0.39 is 0 Å². The summed E-state index contributed by atoms with van der Waals surface area (Å²) in [7, 11) is 0. The van der Waals surface area contributed by atoms with Gasteiger partial charge in [0.25, 0.3) is 0 Å². The molecule has 0 radical (unpaired) electrons. The highest BCUT2D eigenvalue weighted by Gasteiger charge is 2.08. The molecule has 2 aromatic rings. The van der Waals surface area contributed by atoms with E-state index in [2.05, 4.69) is 71.5 Å². The fourth-order valence-electron chi connectivity index (χ4n) is 2.17. The highest BCUT2D eigenvalue weighted by atomic mass is 79.9. The van der Waals surface area contributed by atoms with Crippen LogP contribution in [0.4, 0.5) is 0 Å². The number of benzene rings is 2. The summed E-state index contributed by atoms with van der Waals surface area (Å²) in [5.74, 6) is 0.949. The smallest absolute Gasteiger partial charge is 0.120 e. The van der Waals surface area contributed by atoms with Crippen molar-refractivity contribution in [1.29, 1.82) is 0 Å². The van der Waals surface area contributed by atoms with E-state index in [1.807, 2.05) is 0 Å². The van der Waals surface area contributed by atoms with E-state index in [0.717, 1.165) is 36.2 Å². The van der Waals surface area contributed by atoms with Crippen LogP contribution in [0.3, 0.4) is 0 Å². The number of hydrogen-bond donors (Lipinski definition) is 1. The molecule has 2 nitrogen and oxygen atoms in total. The Hall–Kier alpha value is -1.06. The topological polar surface area (TPSA) is 21.3 Å². The minimum Gasteiger partial charge on any atom is -0.489 e. The number of ether oxygens (including phenoxy) is 1. The molecule has 0 aliphatic heterocycles. The summed E-state index contributed by atoms with van der Waals surface area (Å²) < 4.78 is 7.18. The van der Waals surface area contributed by atoms with E-state index in [0.29, 0.717) is 0 Å². The van der Waals surface area contributed by atoms with Gasteiger partial charge in [-0.05, 0) is 54.4 Å². The third-order valence-corrected chi connectivity index (χ3v) is 3.82. The summed E-state index contributed by atoms with van der Waals surface area (Å²) >= 11 is 3.50. The van der Waals surface area contributed by atoms with Crippen LogP contribution in [0.15, 0.2) is 40.9 Å². The molecule has 2 rings (SSSR count). The Morgan fingerprint density at radius 1 is 1.10 bits per heavy atom. The summed E-state index contributed by atoms with van der Waals surface area (Å²) in [6.07, 6.45) is 2.39. The van der Waals surface area contributed by atoms with Crippen LogP contribution in [0.2, 0.25) is 0 Å². The first-order valence-corrected chi connectivity index (χ1v) is 8.09. The molecule has 0 spiro atoms. The molecule has 0 saturated carbocycles. The van der Waals surface area contributed by atoms with Crippen molar-refractivity contribution in [1.82, 2.24) is 5.32 Å². The molecule has 3 heteroatoms. The highest BCUT2D eigenvalue weighted by Crippen LogP contribution is 2.24. The maximum atomic E-state index is 6.07. The lowest BCUT2D eigenvalue weighted by atomic mass is 10.1. The van der Waals surface area contributed by atoms with E-state index in [4.69, 9.17) is 4.74 Å².